The van der Waals surface area contributed by atoms with Gasteiger partial charge in [0.25, 0.3) is 6.16 Å². The third-order valence-electron chi connectivity index (χ3n) is 0.436. The maximum absolute atomic E-state index is 9.53. The van der Waals surface area contributed by atoms with Crippen molar-refractivity contribution >= 4 is 6.16 Å². The van der Waals surface area contributed by atoms with Crippen LogP contribution in [0.3, 0.4) is 0 Å². The van der Waals surface area contributed by atoms with E-state index in [1.54, 1.807) is 6.92 Å². The van der Waals surface area contributed by atoms with Crippen molar-refractivity contribution in [2.45, 2.75) is 6.92 Å². The Labute approximate surface area is 96.5 Å². The number of carbonyl (C=O) groups excluding carboxylic acids is 1. The molecule has 0 radical (unpaired) electrons. The molecule has 0 rings (SSSR count). The molecule has 0 aromatic heterocycles. The Kier molecular flexibility index (Phi) is 9.27. The molecule has 3 nitrogen and oxygen atoms in total. The number of rotatable bonds is 2. The summed E-state index contributed by atoms with van der Waals surface area (Å²) in [5.41, 5.74) is 0.661. The fraction of sp³-hybridized carbons (Fsp3) is 0.400. The molecule has 0 aliphatic carbocycles. The molecule has 0 spiro atoms. The average Bonchev–Trinajstić information content (AvgIpc) is 1.61. The average molecular weight is 154 g/mol. The molecular formula is C5H7KO3. The van der Waals surface area contributed by atoms with E-state index in [0.29, 0.717) is 5.57 Å². The van der Waals surface area contributed by atoms with Gasteiger partial charge in [-0.15, -0.1) is 0 Å². The van der Waals surface area contributed by atoms with Gasteiger partial charge in [-0.05, 0) is 6.92 Å². The topological polar surface area (TPSA) is 49.4 Å². The first kappa shape index (κ1) is 12.3. The van der Waals surface area contributed by atoms with Crippen LogP contribution in [0.4, 0.5) is 4.79 Å². The van der Waals surface area contributed by atoms with Gasteiger partial charge in [-0.3, -0.25) is 0 Å². The molecule has 0 fully saturated rings. The molecule has 0 heterocycles. The summed E-state index contributed by atoms with van der Waals surface area (Å²) in [5, 5.41) is 9.53. The number of carboxylic acid groups (broad SMARTS) is 1. The Morgan fingerprint density at radius 2 is 2.22 bits per heavy atom. The fourth-order valence-electron chi connectivity index (χ4n) is 0.182. The van der Waals surface area contributed by atoms with E-state index in [9.17, 15) is 9.90 Å². The summed E-state index contributed by atoms with van der Waals surface area (Å²) in [4.78, 5) is 9.53. The van der Waals surface area contributed by atoms with E-state index >= 15 is 0 Å². The van der Waals surface area contributed by atoms with Crippen molar-refractivity contribution in [2.75, 3.05) is 6.61 Å². The normalized spacial score (nSPS) is 7.22. The van der Waals surface area contributed by atoms with Crippen LogP contribution in [0.2, 0.25) is 0 Å². The van der Waals surface area contributed by atoms with E-state index in [1.807, 2.05) is 0 Å². The Hall–Kier alpha value is 0.646. The number of hydrogen-bond acceptors (Lipinski definition) is 3. The van der Waals surface area contributed by atoms with Gasteiger partial charge in [0.2, 0.25) is 0 Å². The minimum atomic E-state index is -1.51. The number of ether oxygens (including phenoxy) is 1. The van der Waals surface area contributed by atoms with Gasteiger partial charge in [-0.25, -0.2) is 0 Å². The molecular weight excluding hydrogens is 147 g/mol. The van der Waals surface area contributed by atoms with E-state index in [0.717, 1.165) is 0 Å². The fourth-order valence-corrected chi connectivity index (χ4v) is 0.182. The Bertz CT molecular complexity index is 96.8. The molecule has 0 unspecified atom stereocenters. The molecule has 0 aromatic rings. The number of carbonyl (C=O) groups is 1. The van der Waals surface area contributed by atoms with Crippen molar-refractivity contribution in [3.63, 3.8) is 0 Å². The number of hydrogen-bond donors (Lipinski definition) is 0. The van der Waals surface area contributed by atoms with E-state index < -0.39 is 6.16 Å². The smallest absolute Gasteiger partial charge is 0.545 e. The van der Waals surface area contributed by atoms with E-state index in [4.69, 9.17) is 0 Å². The Morgan fingerprint density at radius 3 is 2.33 bits per heavy atom. The molecule has 0 aromatic carbocycles. The molecule has 0 saturated carbocycles. The molecule has 0 atom stereocenters. The zero-order valence-corrected chi connectivity index (χ0v) is 8.76. The van der Waals surface area contributed by atoms with Crippen LogP contribution in [0.15, 0.2) is 12.2 Å². The monoisotopic (exact) mass is 154 g/mol. The molecule has 0 amide bonds. The standard InChI is InChI=1S/C5H8O3.K/c1-4(2)3-8-5(6)7;/h1,3H2,2H3,(H,6,7);/q;+1/p-1. The van der Waals surface area contributed by atoms with Crippen LogP contribution < -0.4 is 56.5 Å². The second-order valence-electron chi connectivity index (χ2n) is 1.50. The third-order valence-corrected chi connectivity index (χ3v) is 0.436. The summed E-state index contributed by atoms with van der Waals surface area (Å²) in [6.45, 7) is 5.11. The predicted molar refractivity (Wildman–Crippen MR) is 26.2 cm³/mol. The van der Waals surface area contributed by atoms with Gasteiger partial charge in [-0.2, -0.15) is 0 Å². The largest absolute Gasteiger partial charge is 1.00 e. The van der Waals surface area contributed by atoms with Crippen LogP contribution in [-0.4, -0.2) is 12.8 Å². The van der Waals surface area contributed by atoms with Gasteiger partial charge >= 0.3 is 51.4 Å². The van der Waals surface area contributed by atoms with E-state index in [2.05, 4.69) is 11.3 Å². The van der Waals surface area contributed by atoms with Gasteiger partial charge < -0.3 is 14.6 Å². The Morgan fingerprint density at radius 1 is 1.78 bits per heavy atom. The van der Waals surface area contributed by atoms with Crippen LogP contribution in [0.1, 0.15) is 6.92 Å². The molecule has 46 valence electrons. The Balaban J connectivity index is 0. The van der Waals surface area contributed by atoms with Crippen molar-refractivity contribution < 1.29 is 66.0 Å². The molecule has 0 aliphatic heterocycles. The molecule has 0 aliphatic rings. The predicted octanol–water partition coefficient (Wildman–Crippen LogP) is -3.07. The van der Waals surface area contributed by atoms with Crippen molar-refractivity contribution in [1.29, 1.82) is 0 Å². The van der Waals surface area contributed by atoms with Crippen molar-refractivity contribution in [2.24, 2.45) is 0 Å². The summed E-state index contributed by atoms with van der Waals surface area (Å²) in [6.07, 6.45) is -1.51. The minimum Gasteiger partial charge on any atom is -0.545 e. The minimum absolute atomic E-state index is 0. The van der Waals surface area contributed by atoms with Crippen molar-refractivity contribution in [3.05, 3.63) is 12.2 Å². The van der Waals surface area contributed by atoms with Crippen LogP contribution in [0, 0.1) is 0 Å². The van der Waals surface area contributed by atoms with E-state index in [1.165, 1.54) is 0 Å². The van der Waals surface area contributed by atoms with Gasteiger partial charge in [0.15, 0.2) is 0 Å². The van der Waals surface area contributed by atoms with Crippen molar-refractivity contribution in [3.8, 4) is 0 Å². The van der Waals surface area contributed by atoms with Gasteiger partial charge in [-0.1, -0.05) is 12.2 Å². The quantitative estimate of drug-likeness (QED) is 0.241. The first-order valence-electron chi connectivity index (χ1n) is 2.11. The molecule has 0 bridgehead atoms. The zero-order chi connectivity index (χ0) is 6.57. The maximum Gasteiger partial charge on any atom is 1.00 e. The van der Waals surface area contributed by atoms with Crippen LogP contribution in [-0.2, 0) is 4.74 Å². The third kappa shape index (κ3) is 12.0. The second-order valence-corrected chi connectivity index (χ2v) is 1.50. The van der Waals surface area contributed by atoms with Crippen molar-refractivity contribution in [1.82, 2.24) is 0 Å². The van der Waals surface area contributed by atoms with Gasteiger partial charge in [0.05, 0.1) is 0 Å². The molecule has 4 heteroatoms. The van der Waals surface area contributed by atoms with Crippen LogP contribution >= 0.6 is 0 Å². The van der Waals surface area contributed by atoms with Gasteiger partial charge in [0.1, 0.15) is 0 Å². The molecule has 9 heavy (non-hydrogen) atoms. The molecule has 0 N–H and O–H groups in total. The van der Waals surface area contributed by atoms with Crippen LogP contribution in [0.25, 0.3) is 0 Å². The van der Waals surface area contributed by atoms with Crippen LogP contribution in [0.5, 0.6) is 0 Å². The summed E-state index contributed by atoms with van der Waals surface area (Å²) in [5.74, 6) is 0. The summed E-state index contributed by atoms with van der Waals surface area (Å²) >= 11 is 0. The first-order valence-corrected chi connectivity index (χ1v) is 2.11. The summed E-state index contributed by atoms with van der Waals surface area (Å²) in [7, 11) is 0. The SMILES string of the molecule is C=C(C)COC(=O)[O-].[K+]. The molecule has 0 saturated heterocycles. The van der Waals surface area contributed by atoms with Gasteiger partial charge in [0, 0.05) is 6.61 Å². The summed E-state index contributed by atoms with van der Waals surface area (Å²) in [6, 6.07) is 0. The maximum atomic E-state index is 9.53. The second kappa shape index (κ2) is 6.76. The first-order chi connectivity index (χ1) is 3.63. The zero-order valence-electron chi connectivity index (χ0n) is 5.64. The van der Waals surface area contributed by atoms with E-state index in [-0.39, 0.29) is 58.0 Å². The summed E-state index contributed by atoms with van der Waals surface area (Å²) < 4.78 is 4.01.